The normalized spacial score (nSPS) is 16.9. The molecule has 4 nitrogen and oxygen atoms in total. The second kappa shape index (κ2) is 7.40. The van der Waals surface area contributed by atoms with E-state index in [1.165, 1.54) is 46.5 Å². The van der Waals surface area contributed by atoms with Gasteiger partial charge in [-0.1, -0.05) is 13.0 Å². The molecule has 0 atom stereocenters. The Kier molecular flexibility index (Phi) is 5.05. The number of aryl methyl sites for hydroxylation is 1. The Bertz CT molecular complexity index is 926. The van der Waals surface area contributed by atoms with Crippen molar-refractivity contribution < 1.29 is 4.79 Å². The summed E-state index contributed by atoms with van der Waals surface area (Å²) in [6.07, 6.45) is 4.00. The van der Waals surface area contributed by atoms with Crippen molar-refractivity contribution in [2.75, 3.05) is 35.8 Å². The van der Waals surface area contributed by atoms with Gasteiger partial charge >= 0.3 is 0 Å². The van der Waals surface area contributed by atoms with Crippen molar-refractivity contribution in [1.82, 2.24) is 0 Å². The number of anilines is 3. The van der Waals surface area contributed by atoms with Crippen molar-refractivity contribution in [2.24, 2.45) is 5.41 Å². The molecule has 4 heteroatoms. The first-order valence-electron chi connectivity index (χ1n) is 10.7. The molecular weight excluding hydrogens is 358 g/mol. The van der Waals surface area contributed by atoms with Gasteiger partial charge in [-0.05, 0) is 85.0 Å². The molecule has 1 fully saturated rings. The summed E-state index contributed by atoms with van der Waals surface area (Å²) in [5.41, 5.74) is 8.96. The summed E-state index contributed by atoms with van der Waals surface area (Å²) in [4.78, 5) is 17.1. The van der Waals surface area contributed by atoms with Crippen LogP contribution in [0.2, 0.25) is 0 Å². The van der Waals surface area contributed by atoms with Gasteiger partial charge in [0.1, 0.15) is 0 Å². The first kappa shape index (κ1) is 19.8. The Morgan fingerprint density at radius 3 is 2.48 bits per heavy atom. The van der Waals surface area contributed by atoms with Gasteiger partial charge in [0, 0.05) is 50.7 Å². The Labute approximate surface area is 174 Å². The molecule has 0 saturated heterocycles. The molecule has 0 unspecified atom stereocenters. The topological polar surface area (TPSA) is 35.6 Å². The number of nitrogens with one attached hydrogen (secondary N) is 1. The molecule has 1 amide bonds. The van der Waals surface area contributed by atoms with Crippen LogP contribution in [0.15, 0.2) is 30.3 Å². The van der Waals surface area contributed by atoms with Gasteiger partial charge in [0.2, 0.25) is 5.91 Å². The molecule has 0 bridgehead atoms. The Hall–Kier alpha value is -2.49. The van der Waals surface area contributed by atoms with E-state index in [1.54, 1.807) is 0 Å². The van der Waals surface area contributed by atoms with Crippen molar-refractivity contribution in [3.05, 3.63) is 52.6 Å². The van der Waals surface area contributed by atoms with E-state index in [-0.39, 0.29) is 11.3 Å². The number of carbonyl (C=O) groups is 1. The molecule has 1 saturated carbocycles. The SMILES string of the molecule is Cc1cc2c(c(C)c1NC(=O)CC1(C)CC1)CCN(c1ccc(N(C)C)cc1)C2. The molecule has 2 aliphatic rings. The number of hydrogen-bond acceptors (Lipinski definition) is 3. The molecule has 2 aromatic carbocycles. The van der Waals surface area contributed by atoms with E-state index in [9.17, 15) is 4.79 Å². The van der Waals surface area contributed by atoms with E-state index in [0.717, 1.165) is 25.2 Å². The van der Waals surface area contributed by atoms with E-state index in [2.05, 4.69) is 80.3 Å². The average Bonchev–Trinajstić information content (AvgIpc) is 3.41. The van der Waals surface area contributed by atoms with Crippen molar-refractivity contribution in [3.63, 3.8) is 0 Å². The van der Waals surface area contributed by atoms with Gasteiger partial charge in [-0.2, -0.15) is 0 Å². The third kappa shape index (κ3) is 4.12. The molecule has 1 N–H and O–H groups in total. The van der Waals surface area contributed by atoms with Crippen LogP contribution < -0.4 is 15.1 Å². The Morgan fingerprint density at radius 2 is 1.86 bits per heavy atom. The zero-order valence-electron chi connectivity index (χ0n) is 18.4. The van der Waals surface area contributed by atoms with Crippen LogP contribution in [-0.2, 0) is 17.8 Å². The summed E-state index contributed by atoms with van der Waals surface area (Å²) in [7, 11) is 4.14. The molecule has 0 radical (unpaired) electrons. The van der Waals surface area contributed by atoms with Crippen LogP contribution in [0, 0.1) is 19.3 Å². The molecule has 1 aliphatic carbocycles. The summed E-state index contributed by atoms with van der Waals surface area (Å²) in [5.74, 6) is 0.162. The predicted octanol–water partition coefficient (Wildman–Crippen LogP) is 5.06. The number of fused-ring (bicyclic) bond motifs is 1. The summed E-state index contributed by atoms with van der Waals surface area (Å²) in [6, 6.07) is 11.1. The number of rotatable bonds is 5. The quantitative estimate of drug-likeness (QED) is 0.774. The second-order valence-electron chi connectivity index (χ2n) is 9.45. The van der Waals surface area contributed by atoms with Crippen LogP contribution in [-0.4, -0.2) is 26.5 Å². The van der Waals surface area contributed by atoms with Gasteiger partial charge in [-0.3, -0.25) is 4.79 Å². The molecule has 4 rings (SSSR count). The monoisotopic (exact) mass is 391 g/mol. The number of benzene rings is 2. The third-order valence-corrected chi connectivity index (χ3v) is 6.68. The van der Waals surface area contributed by atoms with E-state index in [0.29, 0.717) is 6.42 Å². The number of carbonyl (C=O) groups excluding carboxylic acids is 1. The third-order valence-electron chi connectivity index (χ3n) is 6.68. The fourth-order valence-electron chi connectivity index (χ4n) is 4.46. The van der Waals surface area contributed by atoms with Gasteiger partial charge < -0.3 is 15.1 Å². The Balaban J connectivity index is 1.52. The van der Waals surface area contributed by atoms with Gasteiger partial charge in [0.05, 0.1) is 0 Å². The van der Waals surface area contributed by atoms with E-state index >= 15 is 0 Å². The zero-order valence-corrected chi connectivity index (χ0v) is 18.4. The van der Waals surface area contributed by atoms with Gasteiger partial charge in [0.15, 0.2) is 0 Å². The highest BCUT2D eigenvalue weighted by Crippen LogP contribution is 2.48. The van der Waals surface area contributed by atoms with Crippen LogP contribution in [0.5, 0.6) is 0 Å². The summed E-state index contributed by atoms with van der Waals surface area (Å²) < 4.78 is 0. The molecule has 1 heterocycles. The standard InChI is InChI=1S/C25H33N3O/c1-17-14-19-16-28(21-8-6-20(7-9-21)27(4)5)13-10-22(19)18(2)24(17)26-23(29)15-25(3)11-12-25/h6-9,14H,10-13,15-16H2,1-5H3,(H,26,29). The number of amides is 1. The second-order valence-corrected chi connectivity index (χ2v) is 9.45. The lowest BCUT2D eigenvalue weighted by Gasteiger charge is -2.33. The molecular formula is C25H33N3O. The van der Waals surface area contributed by atoms with Crippen molar-refractivity contribution in [3.8, 4) is 0 Å². The summed E-state index contributed by atoms with van der Waals surface area (Å²) in [6.45, 7) is 8.42. The number of hydrogen-bond donors (Lipinski definition) is 1. The Morgan fingerprint density at radius 1 is 1.17 bits per heavy atom. The van der Waals surface area contributed by atoms with E-state index < -0.39 is 0 Å². The van der Waals surface area contributed by atoms with E-state index in [1.807, 2.05) is 0 Å². The van der Waals surface area contributed by atoms with Crippen molar-refractivity contribution in [2.45, 2.75) is 53.0 Å². The minimum absolute atomic E-state index is 0.162. The highest BCUT2D eigenvalue weighted by atomic mass is 16.1. The van der Waals surface area contributed by atoms with Gasteiger partial charge in [0.25, 0.3) is 0 Å². The lowest BCUT2D eigenvalue weighted by Crippen LogP contribution is -2.31. The van der Waals surface area contributed by atoms with Crippen LogP contribution in [0.1, 0.15) is 48.4 Å². The van der Waals surface area contributed by atoms with Crippen molar-refractivity contribution in [1.29, 1.82) is 0 Å². The van der Waals surface area contributed by atoms with Gasteiger partial charge in [-0.15, -0.1) is 0 Å². The largest absolute Gasteiger partial charge is 0.378 e. The zero-order chi connectivity index (χ0) is 20.8. The molecule has 0 aromatic heterocycles. The number of nitrogens with zero attached hydrogens (tertiary/aromatic N) is 2. The predicted molar refractivity (Wildman–Crippen MR) is 122 cm³/mol. The molecule has 1 aliphatic heterocycles. The lowest BCUT2D eigenvalue weighted by molar-refractivity contribution is -0.117. The molecule has 2 aromatic rings. The van der Waals surface area contributed by atoms with Crippen molar-refractivity contribution >= 4 is 23.0 Å². The molecule has 154 valence electrons. The maximum atomic E-state index is 12.5. The van der Waals surface area contributed by atoms with E-state index in [4.69, 9.17) is 0 Å². The summed E-state index contributed by atoms with van der Waals surface area (Å²) in [5, 5.41) is 3.23. The summed E-state index contributed by atoms with van der Waals surface area (Å²) >= 11 is 0. The highest BCUT2D eigenvalue weighted by Gasteiger charge is 2.39. The highest BCUT2D eigenvalue weighted by molar-refractivity contribution is 5.93. The minimum atomic E-state index is 0.162. The maximum absolute atomic E-state index is 12.5. The fraction of sp³-hybridized carbons (Fsp3) is 0.480. The first-order chi connectivity index (χ1) is 13.8. The molecule has 29 heavy (non-hydrogen) atoms. The van der Waals surface area contributed by atoms with Crippen LogP contribution in [0.4, 0.5) is 17.1 Å². The van der Waals surface area contributed by atoms with Crippen LogP contribution in [0.3, 0.4) is 0 Å². The first-order valence-corrected chi connectivity index (χ1v) is 10.7. The minimum Gasteiger partial charge on any atom is -0.378 e. The average molecular weight is 392 g/mol. The smallest absolute Gasteiger partial charge is 0.224 e. The maximum Gasteiger partial charge on any atom is 0.224 e. The van der Waals surface area contributed by atoms with Gasteiger partial charge in [-0.25, -0.2) is 0 Å². The van der Waals surface area contributed by atoms with Crippen LogP contribution in [0.25, 0.3) is 0 Å². The molecule has 0 spiro atoms. The lowest BCUT2D eigenvalue weighted by atomic mass is 9.91. The van der Waals surface area contributed by atoms with Crippen LogP contribution >= 0.6 is 0 Å². The fourth-order valence-corrected chi connectivity index (χ4v) is 4.46.